The van der Waals surface area contributed by atoms with E-state index in [1.807, 2.05) is 18.7 Å². The second-order valence-corrected chi connectivity index (χ2v) is 7.16. The second kappa shape index (κ2) is 7.16. The lowest BCUT2D eigenvalue weighted by molar-refractivity contribution is -0.138. The third-order valence-electron chi connectivity index (χ3n) is 5.39. The number of carbonyl (C=O) groups excluding carboxylic acids is 1. The maximum Gasteiger partial charge on any atom is 0.416 e. The van der Waals surface area contributed by atoms with E-state index in [0.29, 0.717) is 18.7 Å². The first-order valence-corrected chi connectivity index (χ1v) is 8.44. The summed E-state index contributed by atoms with van der Waals surface area (Å²) >= 11 is 0. The molecular formula is C18H24ClF3N2O. The molecule has 0 saturated carbocycles. The highest BCUT2D eigenvalue weighted by molar-refractivity contribution is 5.87. The van der Waals surface area contributed by atoms with Gasteiger partial charge in [0.05, 0.1) is 11.0 Å². The zero-order valence-corrected chi connectivity index (χ0v) is 15.2. The highest BCUT2D eigenvalue weighted by Gasteiger charge is 2.55. The highest BCUT2D eigenvalue weighted by atomic mass is 35.5. The quantitative estimate of drug-likeness (QED) is 0.850. The number of piperidine rings is 1. The number of amides is 1. The van der Waals surface area contributed by atoms with Crippen molar-refractivity contribution < 1.29 is 18.0 Å². The normalized spacial score (nSPS) is 27.0. The summed E-state index contributed by atoms with van der Waals surface area (Å²) in [7, 11) is 0. The van der Waals surface area contributed by atoms with Crippen molar-refractivity contribution in [2.75, 3.05) is 19.6 Å². The van der Waals surface area contributed by atoms with Crippen molar-refractivity contribution in [2.24, 2.45) is 5.41 Å². The fraction of sp³-hybridized carbons (Fsp3) is 0.611. The minimum absolute atomic E-state index is 0. The molecule has 2 atom stereocenters. The van der Waals surface area contributed by atoms with Gasteiger partial charge in [0.25, 0.3) is 0 Å². The van der Waals surface area contributed by atoms with E-state index in [1.165, 1.54) is 12.1 Å². The first-order chi connectivity index (χ1) is 11.3. The molecule has 1 N–H and O–H groups in total. The van der Waals surface area contributed by atoms with E-state index in [-0.39, 0.29) is 30.3 Å². The summed E-state index contributed by atoms with van der Waals surface area (Å²) in [4.78, 5) is 14.9. The molecule has 1 aromatic rings. The first-order valence-electron chi connectivity index (χ1n) is 8.44. The Hall–Kier alpha value is -1.27. The van der Waals surface area contributed by atoms with Crippen molar-refractivity contribution in [3.63, 3.8) is 0 Å². The molecule has 7 heteroatoms. The molecule has 0 aliphatic carbocycles. The van der Waals surface area contributed by atoms with Crippen molar-refractivity contribution in [2.45, 2.75) is 44.8 Å². The van der Waals surface area contributed by atoms with Gasteiger partial charge in [0.1, 0.15) is 0 Å². The van der Waals surface area contributed by atoms with E-state index in [2.05, 4.69) is 5.32 Å². The van der Waals surface area contributed by atoms with Gasteiger partial charge in [-0.3, -0.25) is 4.79 Å². The van der Waals surface area contributed by atoms with E-state index in [9.17, 15) is 18.0 Å². The Morgan fingerprint density at radius 2 is 2.04 bits per heavy atom. The number of alkyl halides is 3. The summed E-state index contributed by atoms with van der Waals surface area (Å²) in [6.45, 7) is 5.79. The molecule has 2 unspecified atom stereocenters. The Bertz CT molecular complexity index is 627. The summed E-state index contributed by atoms with van der Waals surface area (Å²) in [5.41, 5.74) is -0.647. The lowest BCUT2D eigenvalue weighted by atomic mass is 9.69. The molecule has 2 saturated heterocycles. The molecule has 140 valence electrons. The van der Waals surface area contributed by atoms with Gasteiger partial charge in [-0.2, -0.15) is 13.2 Å². The van der Waals surface area contributed by atoms with Crippen molar-refractivity contribution in [1.82, 2.24) is 10.2 Å². The molecule has 2 fully saturated rings. The van der Waals surface area contributed by atoms with Crippen LogP contribution in [0.4, 0.5) is 13.2 Å². The number of rotatable bonds is 2. The summed E-state index contributed by atoms with van der Waals surface area (Å²) in [5.74, 6) is -0.130. The predicted molar refractivity (Wildman–Crippen MR) is 92.8 cm³/mol. The summed E-state index contributed by atoms with van der Waals surface area (Å²) in [6.07, 6.45) is -2.77. The maximum atomic E-state index is 13.1. The van der Waals surface area contributed by atoms with Crippen LogP contribution < -0.4 is 5.32 Å². The van der Waals surface area contributed by atoms with Crippen LogP contribution in [0.5, 0.6) is 0 Å². The molecule has 25 heavy (non-hydrogen) atoms. The zero-order valence-electron chi connectivity index (χ0n) is 14.4. The third-order valence-corrected chi connectivity index (χ3v) is 5.39. The number of likely N-dealkylation sites (tertiary alicyclic amines) is 1. The Labute approximate surface area is 152 Å². The largest absolute Gasteiger partial charge is 0.416 e. The van der Waals surface area contributed by atoms with Gasteiger partial charge in [0, 0.05) is 25.0 Å². The number of hydrogen-bond donors (Lipinski definition) is 1. The molecule has 3 nitrogen and oxygen atoms in total. The van der Waals surface area contributed by atoms with Gasteiger partial charge in [-0.25, -0.2) is 0 Å². The smallest absolute Gasteiger partial charge is 0.339 e. The van der Waals surface area contributed by atoms with Crippen LogP contribution in [0.3, 0.4) is 0 Å². The Kier molecular flexibility index (Phi) is 5.74. The van der Waals surface area contributed by atoms with Gasteiger partial charge in [0.2, 0.25) is 5.91 Å². The average molecular weight is 377 g/mol. The number of carbonyl (C=O) groups is 1. The maximum absolute atomic E-state index is 13.1. The number of nitrogens with one attached hydrogen (secondary N) is 1. The van der Waals surface area contributed by atoms with E-state index in [1.54, 1.807) is 6.07 Å². The lowest BCUT2D eigenvalue weighted by Crippen LogP contribution is -2.48. The third kappa shape index (κ3) is 3.51. The standard InChI is InChI=1S/C18H23F3N2O.ClH/c1-12(2)23-10-15(17(16(23)24)7-4-8-22-11-17)13-5-3-6-14(9-13)18(19,20)21;/h3,5-6,9,12,15,22H,4,7-8,10-11H2,1-2H3;1H. The van der Waals surface area contributed by atoms with Crippen molar-refractivity contribution in [3.8, 4) is 0 Å². The van der Waals surface area contributed by atoms with Crippen molar-refractivity contribution in [1.29, 1.82) is 0 Å². The summed E-state index contributed by atoms with van der Waals surface area (Å²) in [5, 5.41) is 3.28. The van der Waals surface area contributed by atoms with Gasteiger partial charge >= 0.3 is 6.18 Å². The Morgan fingerprint density at radius 1 is 1.32 bits per heavy atom. The first kappa shape index (κ1) is 20.0. The van der Waals surface area contributed by atoms with Crippen LogP contribution >= 0.6 is 12.4 Å². The summed E-state index contributed by atoms with van der Waals surface area (Å²) in [6, 6.07) is 5.54. The predicted octanol–water partition coefficient (Wildman–Crippen LogP) is 3.83. The number of hydrogen-bond acceptors (Lipinski definition) is 2. The van der Waals surface area contributed by atoms with Crippen LogP contribution in [0.25, 0.3) is 0 Å². The van der Waals surface area contributed by atoms with Gasteiger partial charge < -0.3 is 10.2 Å². The molecule has 1 spiro atoms. The average Bonchev–Trinajstić information content (AvgIpc) is 2.81. The number of halogens is 4. The van der Waals surface area contributed by atoms with E-state index >= 15 is 0 Å². The van der Waals surface area contributed by atoms with E-state index < -0.39 is 17.2 Å². The SMILES string of the molecule is CC(C)N1CC(c2cccc(C(F)(F)F)c2)C2(CCCNC2)C1=O.Cl. The van der Waals surface area contributed by atoms with E-state index in [0.717, 1.165) is 25.5 Å². The molecule has 3 rings (SSSR count). The lowest BCUT2D eigenvalue weighted by Gasteiger charge is -2.37. The molecule has 0 aromatic heterocycles. The van der Waals surface area contributed by atoms with Crippen molar-refractivity contribution in [3.05, 3.63) is 35.4 Å². The molecule has 0 bridgehead atoms. The molecule has 2 aliphatic rings. The number of nitrogens with zero attached hydrogens (tertiary/aromatic N) is 1. The molecule has 2 heterocycles. The zero-order chi connectivity index (χ0) is 17.5. The van der Waals surface area contributed by atoms with Crippen LogP contribution in [0.15, 0.2) is 24.3 Å². The molecule has 1 amide bonds. The highest BCUT2D eigenvalue weighted by Crippen LogP contribution is 2.49. The fourth-order valence-electron chi connectivity index (χ4n) is 4.10. The van der Waals surface area contributed by atoms with Crippen LogP contribution in [-0.4, -0.2) is 36.5 Å². The van der Waals surface area contributed by atoms with Crippen LogP contribution in [-0.2, 0) is 11.0 Å². The van der Waals surface area contributed by atoms with Gasteiger partial charge in [0.15, 0.2) is 0 Å². The summed E-state index contributed by atoms with van der Waals surface area (Å²) < 4.78 is 39.2. The van der Waals surface area contributed by atoms with Crippen LogP contribution in [0, 0.1) is 5.41 Å². The van der Waals surface area contributed by atoms with Crippen LogP contribution in [0.1, 0.15) is 43.7 Å². The molecule has 1 aromatic carbocycles. The topological polar surface area (TPSA) is 32.3 Å². The Balaban J connectivity index is 0.00000225. The Morgan fingerprint density at radius 3 is 2.60 bits per heavy atom. The van der Waals surface area contributed by atoms with Crippen LogP contribution in [0.2, 0.25) is 0 Å². The second-order valence-electron chi connectivity index (χ2n) is 7.16. The number of benzene rings is 1. The monoisotopic (exact) mass is 376 g/mol. The van der Waals surface area contributed by atoms with E-state index in [4.69, 9.17) is 0 Å². The van der Waals surface area contributed by atoms with Crippen molar-refractivity contribution >= 4 is 18.3 Å². The fourth-order valence-corrected chi connectivity index (χ4v) is 4.10. The minimum Gasteiger partial charge on any atom is -0.339 e. The molecular weight excluding hydrogens is 353 g/mol. The molecule has 2 aliphatic heterocycles. The minimum atomic E-state index is -4.37. The molecule has 0 radical (unpaired) electrons. The van der Waals surface area contributed by atoms with Gasteiger partial charge in [-0.1, -0.05) is 18.2 Å². The van der Waals surface area contributed by atoms with Gasteiger partial charge in [-0.15, -0.1) is 12.4 Å². The van der Waals surface area contributed by atoms with Gasteiger partial charge in [-0.05, 0) is 44.9 Å².